The molecule has 0 atom stereocenters. The summed E-state index contributed by atoms with van der Waals surface area (Å²) in [6.07, 6.45) is 1.31. The second kappa shape index (κ2) is 5.81. The Morgan fingerprint density at radius 2 is 2.31 bits per heavy atom. The molecule has 0 fully saturated rings. The Balaban J connectivity index is 2.73. The fourth-order valence-corrected chi connectivity index (χ4v) is 2.04. The molecule has 1 heterocycles. The van der Waals surface area contributed by atoms with E-state index in [-0.39, 0.29) is 10.6 Å². The van der Waals surface area contributed by atoms with Crippen LogP contribution in [0.3, 0.4) is 0 Å². The number of aromatic carboxylic acids is 1. The predicted molar refractivity (Wildman–Crippen MR) is 60.4 cm³/mol. The molecule has 0 bridgehead atoms. The summed E-state index contributed by atoms with van der Waals surface area (Å²) < 4.78 is 13.6. The van der Waals surface area contributed by atoms with Crippen LogP contribution in [0.25, 0.3) is 0 Å². The highest BCUT2D eigenvalue weighted by molar-refractivity contribution is 7.99. The number of hydrogen-bond donors (Lipinski definition) is 1. The van der Waals surface area contributed by atoms with Crippen molar-refractivity contribution in [2.45, 2.75) is 5.03 Å². The van der Waals surface area contributed by atoms with Gasteiger partial charge in [0.05, 0.1) is 5.56 Å². The molecule has 1 aromatic heterocycles. The van der Waals surface area contributed by atoms with Crippen molar-refractivity contribution in [1.29, 1.82) is 0 Å². The lowest BCUT2D eigenvalue weighted by Gasteiger charge is -2.09. The van der Waals surface area contributed by atoms with Crippen molar-refractivity contribution in [2.75, 3.05) is 26.4 Å². The average molecular weight is 244 g/mol. The second-order valence-corrected chi connectivity index (χ2v) is 4.52. The van der Waals surface area contributed by atoms with Crippen molar-refractivity contribution in [3.63, 3.8) is 0 Å². The highest BCUT2D eigenvalue weighted by Crippen LogP contribution is 2.21. The number of pyridine rings is 1. The number of carboxylic acid groups (broad SMARTS) is 1. The maximum atomic E-state index is 13.6. The third kappa shape index (κ3) is 3.46. The molecule has 1 N–H and O–H groups in total. The number of halogens is 1. The molecule has 0 saturated heterocycles. The lowest BCUT2D eigenvalue weighted by molar-refractivity contribution is 0.0691. The first-order valence-electron chi connectivity index (χ1n) is 4.67. The van der Waals surface area contributed by atoms with Gasteiger partial charge in [0.2, 0.25) is 0 Å². The van der Waals surface area contributed by atoms with Crippen LogP contribution in [-0.4, -0.2) is 47.4 Å². The molecule has 0 aliphatic heterocycles. The van der Waals surface area contributed by atoms with Gasteiger partial charge in [0.15, 0.2) is 5.82 Å². The molecule has 4 nitrogen and oxygen atoms in total. The highest BCUT2D eigenvalue weighted by Gasteiger charge is 2.14. The largest absolute Gasteiger partial charge is 0.478 e. The molecule has 0 saturated carbocycles. The van der Waals surface area contributed by atoms with E-state index in [9.17, 15) is 9.18 Å². The van der Waals surface area contributed by atoms with Gasteiger partial charge in [-0.15, -0.1) is 11.8 Å². The van der Waals surface area contributed by atoms with E-state index >= 15 is 0 Å². The van der Waals surface area contributed by atoms with Crippen molar-refractivity contribution in [3.8, 4) is 0 Å². The Bertz CT molecular complexity index is 385. The molecule has 88 valence electrons. The zero-order valence-electron chi connectivity index (χ0n) is 9.11. The zero-order chi connectivity index (χ0) is 12.1. The molecule has 0 spiro atoms. The standard InChI is InChI=1S/C10H13FN2O2S/c1-13(2)5-6-16-9-8(11)7(10(14)15)3-4-12-9/h3-4H,5-6H2,1-2H3,(H,14,15). The van der Waals surface area contributed by atoms with Crippen LogP contribution in [0.4, 0.5) is 4.39 Å². The summed E-state index contributed by atoms with van der Waals surface area (Å²) in [7, 11) is 3.83. The van der Waals surface area contributed by atoms with Crippen LogP contribution in [0, 0.1) is 5.82 Å². The van der Waals surface area contributed by atoms with Gasteiger partial charge in [0.25, 0.3) is 0 Å². The van der Waals surface area contributed by atoms with Gasteiger partial charge in [-0.2, -0.15) is 0 Å². The van der Waals surface area contributed by atoms with Crippen molar-refractivity contribution in [1.82, 2.24) is 9.88 Å². The van der Waals surface area contributed by atoms with Gasteiger partial charge in [-0.25, -0.2) is 14.2 Å². The van der Waals surface area contributed by atoms with Crippen molar-refractivity contribution in [2.24, 2.45) is 0 Å². The van der Waals surface area contributed by atoms with Gasteiger partial charge < -0.3 is 10.0 Å². The lowest BCUT2D eigenvalue weighted by Crippen LogP contribution is -2.15. The fraction of sp³-hybridized carbons (Fsp3) is 0.400. The van der Waals surface area contributed by atoms with Gasteiger partial charge in [0.1, 0.15) is 5.03 Å². The minimum atomic E-state index is -1.27. The molecule has 6 heteroatoms. The van der Waals surface area contributed by atoms with Crippen LogP contribution in [0.15, 0.2) is 17.3 Å². The average Bonchev–Trinajstić information content (AvgIpc) is 2.19. The van der Waals surface area contributed by atoms with Gasteiger partial charge in [-0.05, 0) is 20.2 Å². The summed E-state index contributed by atoms with van der Waals surface area (Å²) in [5, 5.41) is 8.86. The van der Waals surface area contributed by atoms with Crippen LogP contribution in [0.2, 0.25) is 0 Å². The Labute approximate surface area is 97.5 Å². The molecule has 0 radical (unpaired) electrons. The smallest absolute Gasteiger partial charge is 0.338 e. The Hall–Kier alpha value is -1.14. The van der Waals surface area contributed by atoms with E-state index in [0.717, 1.165) is 12.6 Å². The fourth-order valence-electron chi connectivity index (χ4n) is 1.02. The predicted octanol–water partition coefficient (Wildman–Crippen LogP) is 1.57. The summed E-state index contributed by atoms with van der Waals surface area (Å²) in [4.78, 5) is 16.5. The van der Waals surface area contributed by atoms with E-state index in [1.165, 1.54) is 18.0 Å². The van der Waals surface area contributed by atoms with E-state index in [0.29, 0.717) is 5.75 Å². The highest BCUT2D eigenvalue weighted by atomic mass is 32.2. The SMILES string of the molecule is CN(C)CCSc1nccc(C(=O)O)c1F. The number of hydrogen-bond acceptors (Lipinski definition) is 4. The van der Waals surface area contributed by atoms with Gasteiger partial charge in [-0.3, -0.25) is 0 Å². The van der Waals surface area contributed by atoms with E-state index in [1.807, 2.05) is 19.0 Å². The molecular formula is C10H13FN2O2S. The Morgan fingerprint density at radius 1 is 1.62 bits per heavy atom. The summed E-state index contributed by atoms with van der Waals surface area (Å²) in [5.74, 6) is -1.35. The minimum Gasteiger partial charge on any atom is -0.478 e. The van der Waals surface area contributed by atoms with Gasteiger partial charge >= 0.3 is 5.97 Å². The zero-order valence-corrected chi connectivity index (χ0v) is 9.92. The van der Waals surface area contributed by atoms with Crippen molar-refractivity contribution >= 4 is 17.7 Å². The summed E-state index contributed by atoms with van der Waals surface area (Å²) in [6, 6.07) is 1.16. The van der Waals surface area contributed by atoms with E-state index in [2.05, 4.69) is 4.98 Å². The van der Waals surface area contributed by atoms with Crippen LogP contribution >= 0.6 is 11.8 Å². The molecule has 0 aliphatic carbocycles. The molecule has 1 rings (SSSR count). The number of aromatic nitrogens is 1. The number of rotatable bonds is 5. The van der Waals surface area contributed by atoms with Crippen molar-refractivity contribution in [3.05, 3.63) is 23.6 Å². The second-order valence-electron chi connectivity index (χ2n) is 3.43. The minimum absolute atomic E-state index is 0.141. The first kappa shape index (κ1) is 12.9. The monoisotopic (exact) mass is 244 g/mol. The van der Waals surface area contributed by atoms with E-state index < -0.39 is 11.8 Å². The van der Waals surface area contributed by atoms with Gasteiger partial charge in [0, 0.05) is 18.5 Å². The maximum absolute atomic E-state index is 13.6. The van der Waals surface area contributed by atoms with Crippen LogP contribution < -0.4 is 0 Å². The molecule has 0 unspecified atom stereocenters. The van der Waals surface area contributed by atoms with Crippen LogP contribution in [-0.2, 0) is 0 Å². The third-order valence-corrected chi connectivity index (χ3v) is 2.81. The Morgan fingerprint density at radius 3 is 2.88 bits per heavy atom. The topological polar surface area (TPSA) is 53.4 Å². The molecule has 0 aromatic carbocycles. The quantitative estimate of drug-likeness (QED) is 0.797. The van der Waals surface area contributed by atoms with E-state index in [4.69, 9.17) is 5.11 Å². The lowest BCUT2D eigenvalue weighted by atomic mass is 10.3. The summed E-state index contributed by atoms with van der Waals surface area (Å²) >= 11 is 1.22. The molecule has 0 amide bonds. The van der Waals surface area contributed by atoms with Crippen LogP contribution in [0.1, 0.15) is 10.4 Å². The Kier molecular flexibility index (Phi) is 4.70. The molecule has 16 heavy (non-hydrogen) atoms. The summed E-state index contributed by atoms with van der Waals surface area (Å²) in [5.41, 5.74) is -0.331. The molecule has 0 aliphatic rings. The normalized spacial score (nSPS) is 10.8. The third-order valence-electron chi connectivity index (χ3n) is 1.86. The van der Waals surface area contributed by atoms with Crippen LogP contribution in [0.5, 0.6) is 0 Å². The first-order chi connectivity index (χ1) is 7.52. The van der Waals surface area contributed by atoms with Crippen molar-refractivity contribution < 1.29 is 14.3 Å². The number of nitrogens with zero attached hydrogens (tertiary/aromatic N) is 2. The first-order valence-corrected chi connectivity index (χ1v) is 5.66. The number of carboxylic acids is 1. The van der Waals surface area contributed by atoms with E-state index in [1.54, 1.807) is 0 Å². The number of thioether (sulfide) groups is 1. The number of carbonyl (C=O) groups is 1. The molecule has 1 aromatic rings. The summed E-state index contributed by atoms with van der Waals surface area (Å²) in [6.45, 7) is 0.781. The molecular weight excluding hydrogens is 231 g/mol. The maximum Gasteiger partial charge on any atom is 0.338 e. The van der Waals surface area contributed by atoms with Gasteiger partial charge in [-0.1, -0.05) is 0 Å².